The van der Waals surface area contributed by atoms with Crippen LogP contribution < -0.4 is 4.74 Å². The number of rotatable bonds is 3. The van der Waals surface area contributed by atoms with E-state index in [0.717, 1.165) is 0 Å². The molecule has 0 heterocycles. The fraction of sp³-hybridized carbons (Fsp3) is 0.222. The summed E-state index contributed by atoms with van der Waals surface area (Å²) in [7, 11) is 0. The van der Waals surface area contributed by atoms with Crippen molar-refractivity contribution in [3.8, 4) is 11.8 Å². The summed E-state index contributed by atoms with van der Waals surface area (Å²) in [4.78, 5) is 0. The molecule has 1 aromatic rings. The molecular weight excluding hydrogens is 247 g/mol. The molecule has 1 aromatic carbocycles. The van der Waals surface area contributed by atoms with Gasteiger partial charge in [0.25, 0.3) is 0 Å². The van der Waals surface area contributed by atoms with Gasteiger partial charge in [-0.25, -0.2) is 0 Å². The summed E-state index contributed by atoms with van der Waals surface area (Å²) >= 11 is 11.3. The number of alkyl halides is 2. The summed E-state index contributed by atoms with van der Waals surface area (Å²) in [6.45, 7) is -2.98. The molecule has 0 fully saturated rings. The summed E-state index contributed by atoms with van der Waals surface area (Å²) in [5.74, 6) is -0.163. The number of hydrogen-bond donors (Lipinski definition) is 0. The van der Waals surface area contributed by atoms with Crippen molar-refractivity contribution in [1.29, 1.82) is 5.26 Å². The number of benzene rings is 1. The van der Waals surface area contributed by atoms with Crippen LogP contribution in [-0.4, -0.2) is 6.61 Å². The standard InChI is InChI=1S/C9H5Cl2F2NO/c10-5-3-7(11)6(1-2-14)8(4-5)15-9(12)13/h3-4,9H,1H2. The van der Waals surface area contributed by atoms with Gasteiger partial charge in [0.05, 0.1) is 12.5 Å². The van der Waals surface area contributed by atoms with E-state index >= 15 is 0 Å². The predicted octanol–water partition coefficient (Wildman–Crippen LogP) is 3.66. The average molecular weight is 252 g/mol. The van der Waals surface area contributed by atoms with Crippen LogP contribution in [0.5, 0.6) is 5.75 Å². The zero-order valence-electron chi connectivity index (χ0n) is 7.31. The zero-order valence-corrected chi connectivity index (χ0v) is 8.82. The minimum Gasteiger partial charge on any atom is -0.434 e. The van der Waals surface area contributed by atoms with Gasteiger partial charge in [0.1, 0.15) is 5.75 Å². The van der Waals surface area contributed by atoms with Gasteiger partial charge in [0, 0.05) is 15.6 Å². The summed E-state index contributed by atoms with van der Waals surface area (Å²) in [6, 6.07) is 4.38. The maximum absolute atomic E-state index is 12.0. The van der Waals surface area contributed by atoms with Crippen LogP contribution in [0, 0.1) is 11.3 Å². The lowest BCUT2D eigenvalue weighted by Crippen LogP contribution is -2.04. The number of halogens is 4. The van der Waals surface area contributed by atoms with Gasteiger partial charge in [-0.15, -0.1) is 0 Å². The minimum absolute atomic E-state index is 0.113. The first-order valence-corrected chi connectivity index (χ1v) is 4.60. The Kier molecular flexibility index (Phi) is 4.13. The van der Waals surface area contributed by atoms with E-state index < -0.39 is 6.61 Å². The molecule has 0 spiro atoms. The molecule has 2 nitrogen and oxygen atoms in total. The Balaban J connectivity index is 3.15. The van der Waals surface area contributed by atoms with Crippen LogP contribution in [0.4, 0.5) is 8.78 Å². The molecule has 0 saturated heterocycles. The maximum Gasteiger partial charge on any atom is 0.387 e. The van der Waals surface area contributed by atoms with Crippen LogP contribution in [0.1, 0.15) is 5.56 Å². The third-order valence-electron chi connectivity index (χ3n) is 1.59. The van der Waals surface area contributed by atoms with Gasteiger partial charge in [0.2, 0.25) is 0 Å². The van der Waals surface area contributed by atoms with Crippen molar-refractivity contribution in [1.82, 2.24) is 0 Å². The first-order valence-electron chi connectivity index (χ1n) is 3.84. The lowest BCUT2D eigenvalue weighted by atomic mass is 10.1. The Hall–Kier alpha value is -1.05. The molecule has 0 amide bonds. The average Bonchev–Trinajstić information content (AvgIpc) is 2.10. The van der Waals surface area contributed by atoms with E-state index in [0.29, 0.717) is 0 Å². The molecule has 80 valence electrons. The summed E-state index contributed by atoms with van der Waals surface area (Å²) < 4.78 is 28.2. The molecule has 1 rings (SSSR count). The highest BCUT2D eigenvalue weighted by atomic mass is 35.5. The molecular formula is C9H5Cl2F2NO. The van der Waals surface area contributed by atoms with Gasteiger partial charge in [-0.05, 0) is 12.1 Å². The Morgan fingerprint density at radius 1 is 1.40 bits per heavy atom. The molecule has 0 atom stereocenters. The maximum atomic E-state index is 12.0. The van der Waals surface area contributed by atoms with E-state index in [1.165, 1.54) is 12.1 Å². The van der Waals surface area contributed by atoms with Gasteiger partial charge in [-0.1, -0.05) is 23.2 Å². The highest BCUT2D eigenvalue weighted by Crippen LogP contribution is 2.32. The van der Waals surface area contributed by atoms with Crippen molar-refractivity contribution < 1.29 is 13.5 Å². The van der Waals surface area contributed by atoms with E-state index in [2.05, 4.69) is 4.74 Å². The second kappa shape index (κ2) is 5.15. The predicted molar refractivity (Wildman–Crippen MR) is 52.4 cm³/mol. The number of ether oxygens (including phenoxy) is 1. The first kappa shape index (κ1) is 12.0. The van der Waals surface area contributed by atoms with E-state index in [9.17, 15) is 8.78 Å². The van der Waals surface area contributed by atoms with Crippen molar-refractivity contribution in [3.63, 3.8) is 0 Å². The van der Waals surface area contributed by atoms with Crippen molar-refractivity contribution in [2.75, 3.05) is 0 Å². The Bertz CT molecular complexity index is 404. The van der Waals surface area contributed by atoms with Gasteiger partial charge < -0.3 is 4.74 Å². The van der Waals surface area contributed by atoms with E-state index in [1.807, 2.05) is 0 Å². The van der Waals surface area contributed by atoms with Crippen LogP contribution in [0.25, 0.3) is 0 Å². The van der Waals surface area contributed by atoms with Crippen LogP contribution in [0.2, 0.25) is 10.0 Å². The van der Waals surface area contributed by atoms with Crippen molar-refractivity contribution in [3.05, 3.63) is 27.7 Å². The smallest absolute Gasteiger partial charge is 0.387 e. The van der Waals surface area contributed by atoms with Crippen LogP contribution in [0.3, 0.4) is 0 Å². The second-order valence-electron chi connectivity index (χ2n) is 2.58. The lowest BCUT2D eigenvalue weighted by molar-refractivity contribution is -0.0503. The fourth-order valence-corrected chi connectivity index (χ4v) is 1.57. The SMILES string of the molecule is N#CCc1c(Cl)cc(Cl)cc1OC(F)F. The topological polar surface area (TPSA) is 33.0 Å². The molecule has 0 aliphatic heterocycles. The van der Waals surface area contributed by atoms with Crippen LogP contribution in [-0.2, 0) is 6.42 Å². The van der Waals surface area contributed by atoms with Crippen molar-refractivity contribution in [2.24, 2.45) is 0 Å². The zero-order chi connectivity index (χ0) is 11.4. The third-order valence-corrected chi connectivity index (χ3v) is 2.15. The van der Waals surface area contributed by atoms with Gasteiger partial charge >= 0.3 is 6.61 Å². The van der Waals surface area contributed by atoms with E-state index in [1.54, 1.807) is 6.07 Å². The Morgan fingerprint density at radius 2 is 2.07 bits per heavy atom. The molecule has 0 saturated carbocycles. The van der Waals surface area contributed by atoms with Crippen LogP contribution in [0.15, 0.2) is 12.1 Å². The molecule has 0 unspecified atom stereocenters. The van der Waals surface area contributed by atoms with E-state index in [4.69, 9.17) is 28.5 Å². The number of hydrogen-bond acceptors (Lipinski definition) is 2. The largest absolute Gasteiger partial charge is 0.434 e. The normalized spacial score (nSPS) is 10.1. The molecule has 0 aliphatic carbocycles. The quantitative estimate of drug-likeness (QED) is 0.822. The molecule has 0 aromatic heterocycles. The molecule has 0 N–H and O–H groups in total. The van der Waals surface area contributed by atoms with Crippen molar-refractivity contribution in [2.45, 2.75) is 13.0 Å². The van der Waals surface area contributed by atoms with Gasteiger partial charge in [-0.2, -0.15) is 14.0 Å². The van der Waals surface area contributed by atoms with Crippen molar-refractivity contribution >= 4 is 23.2 Å². The monoisotopic (exact) mass is 251 g/mol. The molecule has 0 aliphatic rings. The van der Waals surface area contributed by atoms with Crippen LogP contribution >= 0.6 is 23.2 Å². The summed E-state index contributed by atoms with van der Waals surface area (Å²) in [5.41, 5.74) is 0.212. The van der Waals surface area contributed by atoms with Gasteiger partial charge in [0.15, 0.2) is 0 Å². The Morgan fingerprint density at radius 3 is 2.60 bits per heavy atom. The highest BCUT2D eigenvalue weighted by molar-refractivity contribution is 6.35. The minimum atomic E-state index is -2.98. The molecule has 0 bridgehead atoms. The Labute approximate surface area is 95.0 Å². The van der Waals surface area contributed by atoms with Gasteiger partial charge in [-0.3, -0.25) is 0 Å². The first-order chi connectivity index (χ1) is 7.04. The second-order valence-corrected chi connectivity index (χ2v) is 3.42. The molecule has 15 heavy (non-hydrogen) atoms. The number of nitriles is 1. The van der Waals surface area contributed by atoms with E-state index in [-0.39, 0.29) is 27.8 Å². The highest BCUT2D eigenvalue weighted by Gasteiger charge is 2.13. The fourth-order valence-electron chi connectivity index (χ4n) is 1.03. The summed E-state index contributed by atoms with van der Waals surface area (Å²) in [6.07, 6.45) is -0.113. The lowest BCUT2D eigenvalue weighted by Gasteiger charge is -2.10. The number of nitrogens with zero attached hydrogens (tertiary/aromatic N) is 1. The summed E-state index contributed by atoms with van der Waals surface area (Å²) in [5, 5.41) is 8.80. The molecule has 0 radical (unpaired) electrons. The molecule has 6 heteroatoms. The third kappa shape index (κ3) is 3.22.